The van der Waals surface area contributed by atoms with Crippen LogP contribution in [-0.2, 0) is 13.5 Å². The lowest BCUT2D eigenvalue weighted by atomic mass is 10.1. The van der Waals surface area contributed by atoms with Gasteiger partial charge in [-0.25, -0.2) is 9.97 Å². The summed E-state index contributed by atoms with van der Waals surface area (Å²) >= 11 is 0. The minimum Gasteiger partial charge on any atom is -0.291 e. The van der Waals surface area contributed by atoms with Gasteiger partial charge in [-0.2, -0.15) is 5.10 Å². The lowest BCUT2D eigenvalue weighted by Gasteiger charge is -2.20. The van der Waals surface area contributed by atoms with E-state index in [4.69, 9.17) is 0 Å². The van der Waals surface area contributed by atoms with Crippen LogP contribution < -0.4 is 4.90 Å². The van der Waals surface area contributed by atoms with E-state index in [0.29, 0.717) is 12.2 Å². The number of imidazole rings is 1. The maximum atomic E-state index is 12.9. The Hall–Kier alpha value is -2.96. The molecule has 0 saturated heterocycles. The van der Waals surface area contributed by atoms with E-state index >= 15 is 0 Å². The molecule has 0 aliphatic carbocycles. The van der Waals surface area contributed by atoms with Crippen LogP contribution in [0.15, 0.2) is 43.1 Å². The van der Waals surface area contributed by atoms with Gasteiger partial charge in [-0.1, -0.05) is 6.07 Å². The number of aromatic nitrogens is 5. The molecule has 0 bridgehead atoms. The quantitative estimate of drug-likeness (QED) is 0.723. The predicted octanol–water partition coefficient (Wildman–Crippen LogP) is 1.98. The van der Waals surface area contributed by atoms with Gasteiger partial charge in [0.05, 0.1) is 0 Å². The third-order valence-electron chi connectivity index (χ3n) is 4.21. The van der Waals surface area contributed by atoms with Crippen molar-refractivity contribution in [2.75, 3.05) is 11.4 Å². The van der Waals surface area contributed by atoms with Crippen molar-refractivity contribution in [2.24, 2.45) is 7.05 Å². The fourth-order valence-electron chi connectivity index (χ4n) is 2.99. The zero-order valence-electron chi connectivity index (χ0n) is 13.5. The van der Waals surface area contributed by atoms with Crippen LogP contribution in [0.1, 0.15) is 28.9 Å². The first kappa shape index (κ1) is 14.6. The SMILES string of the molecule is Cn1ccc(-n2cnc(C(=O)N3CCCCc4cccnc43)c2)n1. The Labute approximate surface area is 139 Å². The predicted molar refractivity (Wildman–Crippen MR) is 89.2 cm³/mol. The first-order chi connectivity index (χ1) is 11.7. The summed E-state index contributed by atoms with van der Waals surface area (Å²) in [5.74, 6) is 1.37. The van der Waals surface area contributed by atoms with Gasteiger partial charge in [-0.15, -0.1) is 0 Å². The van der Waals surface area contributed by atoms with Crippen molar-refractivity contribution in [1.82, 2.24) is 24.3 Å². The summed E-state index contributed by atoms with van der Waals surface area (Å²) in [7, 11) is 1.85. The zero-order valence-corrected chi connectivity index (χ0v) is 13.5. The highest BCUT2D eigenvalue weighted by atomic mass is 16.2. The fourth-order valence-corrected chi connectivity index (χ4v) is 2.99. The maximum Gasteiger partial charge on any atom is 0.279 e. The molecule has 1 aliphatic heterocycles. The number of aryl methyl sites for hydroxylation is 2. The third-order valence-corrected chi connectivity index (χ3v) is 4.21. The Morgan fingerprint density at radius 2 is 2.12 bits per heavy atom. The number of carbonyl (C=O) groups is 1. The number of fused-ring (bicyclic) bond motifs is 1. The number of pyridine rings is 1. The minimum absolute atomic E-state index is 0.119. The summed E-state index contributed by atoms with van der Waals surface area (Å²) in [6.07, 6.45) is 9.90. The van der Waals surface area contributed by atoms with Gasteiger partial charge in [-0.05, 0) is 30.9 Å². The van der Waals surface area contributed by atoms with Gasteiger partial charge in [-0.3, -0.25) is 18.9 Å². The number of anilines is 1. The smallest absolute Gasteiger partial charge is 0.279 e. The molecule has 0 spiro atoms. The van der Waals surface area contributed by atoms with E-state index in [1.54, 1.807) is 32.9 Å². The third kappa shape index (κ3) is 2.58. The van der Waals surface area contributed by atoms with Crippen molar-refractivity contribution in [2.45, 2.75) is 19.3 Å². The average molecular weight is 322 g/mol. The van der Waals surface area contributed by atoms with Crippen LogP contribution in [0.3, 0.4) is 0 Å². The summed E-state index contributed by atoms with van der Waals surface area (Å²) in [5, 5.41) is 4.32. The number of amides is 1. The Balaban J connectivity index is 1.66. The minimum atomic E-state index is -0.119. The molecule has 0 unspecified atom stereocenters. The van der Waals surface area contributed by atoms with Gasteiger partial charge < -0.3 is 0 Å². The summed E-state index contributed by atoms with van der Waals surface area (Å²) in [6, 6.07) is 5.84. The highest BCUT2D eigenvalue weighted by Gasteiger charge is 2.25. The van der Waals surface area contributed by atoms with Crippen molar-refractivity contribution in [3.63, 3.8) is 0 Å². The van der Waals surface area contributed by atoms with Crippen LogP contribution in [0.4, 0.5) is 5.82 Å². The summed E-state index contributed by atoms with van der Waals surface area (Å²) in [6.45, 7) is 0.666. The molecule has 1 aliphatic rings. The van der Waals surface area contributed by atoms with Crippen molar-refractivity contribution in [3.05, 3.63) is 54.4 Å². The lowest BCUT2D eigenvalue weighted by Crippen LogP contribution is -2.32. The van der Waals surface area contributed by atoms with E-state index in [1.807, 2.05) is 31.4 Å². The number of carbonyl (C=O) groups excluding carboxylic acids is 1. The summed E-state index contributed by atoms with van der Waals surface area (Å²) < 4.78 is 3.47. The van der Waals surface area contributed by atoms with E-state index in [0.717, 1.165) is 36.5 Å². The molecule has 0 radical (unpaired) electrons. The number of hydrogen-bond donors (Lipinski definition) is 0. The second kappa shape index (κ2) is 5.92. The average Bonchev–Trinajstić information content (AvgIpc) is 3.19. The van der Waals surface area contributed by atoms with Crippen molar-refractivity contribution >= 4 is 11.7 Å². The Morgan fingerprint density at radius 1 is 1.21 bits per heavy atom. The zero-order chi connectivity index (χ0) is 16.5. The first-order valence-electron chi connectivity index (χ1n) is 8.02. The Kier molecular flexibility index (Phi) is 3.60. The van der Waals surface area contributed by atoms with Crippen molar-refractivity contribution < 1.29 is 4.79 Å². The van der Waals surface area contributed by atoms with Gasteiger partial charge in [0.25, 0.3) is 5.91 Å². The van der Waals surface area contributed by atoms with Gasteiger partial charge in [0.1, 0.15) is 17.8 Å². The molecule has 0 aromatic carbocycles. The fraction of sp³-hybridized carbons (Fsp3) is 0.294. The van der Waals surface area contributed by atoms with Crippen LogP contribution in [0.25, 0.3) is 5.82 Å². The number of hydrogen-bond acceptors (Lipinski definition) is 4. The molecule has 4 heterocycles. The molecule has 0 N–H and O–H groups in total. The maximum absolute atomic E-state index is 12.9. The van der Waals surface area contributed by atoms with Gasteiger partial charge in [0, 0.05) is 38.2 Å². The van der Waals surface area contributed by atoms with E-state index in [2.05, 4.69) is 15.1 Å². The molecule has 4 rings (SSSR count). The molecule has 3 aromatic heterocycles. The molecular weight excluding hydrogens is 304 g/mol. The number of rotatable bonds is 2. The highest BCUT2D eigenvalue weighted by molar-refractivity contribution is 6.04. The van der Waals surface area contributed by atoms with Crippen LogP contribution >= 0.6 is 0 Å². The second-order valence-corrected chi connectivity index (χ2v) is 5.91. The normalized spacial score (nSPS) is 14.3. The van der Waals surface area contributed by atoms with Crippen LogP contribution in [0, 0.1) is 0 Å². The molecule has 122 valence electrons. The van der Waals surface area contributed by atoms with Gasteiger partial charge >= 0.3 is 0 Å². The Morgan fingerprint density at radius 3 is 2.96 bits per heavy atom. The topological polar surface area (TPSA) is 68.8 Å². The molecule has 0 saturated carbocycles. The Bertz CT molecular complexity index is 881. The lowest BCUT2D eigenvalue weighted by molar-refractivity contribution is 0.0982. The molecule has 7 heteroatoms. The van der Waals surface area contributed by atoms with E-state index in [-0.39, 0.29) is 5.91 Å². The van der Waals surface area contributed by atoms with Crippen molar-refractivity contribution in [1.29, 1.82) is 0 Å². The molecule has 3 aromatic rings. The van der Waals surface area contributed by atoms with Crippen LogP contribution in [0.2, 0.25) is 0 Å². The van der Waals surface area contributed by atoms with E-state index < -0.39 is 0 Å². The molecule has 0 atom stereocenters. The van der Waals surface area contributed by atoms with E-state index in [1.165, 1.54) is 0 Å². The molecular formula is C17H18N6O. The summed E-state index contributed by atoms with van der Waals surface area (Å²) in [5.41, 5.74) is 1.52. The summed E-state index contributed by atoms with van der Waals surface area (Å²) in [4.78, 5) is 23.4. The van der Waals surface area contributed by atoms with Crippen LogP contribution in [0.5, 0.6) is 0 Å². The standard InChI is InChI=1S/C17H18N6O/c1-21-10-7-15(20-21)22-11-14(19-12-22)17(24)23-9-3-2-5-13-6-4-8-18-16(13)23/h4,6-8,10-12H,2-3,5,9H2,1H3. The molecule has 24 heavy (non-hydrogen) atoms. The van der Waals surface area contributed by atoms with Gasteiger partial charge in [0.2, 0.25) is 0 Å². The largest absolute Gasteiger partial charge is 0.291 e. The molecule has 1 amide bonds. The molecule has 7 nitrogen and oxygen atoms in total. The highest BCUT2D eigenvalue weighted by Crippen LogP contribution is 2.25. The van der Waals surface area contributed by atoms with Crippen LogP contribution in [-0.4, -0.2) is 36.8 Å². The van der Waals surface area contributed by atoms with Crippen molar-refractivity contribution in [3.8, 4) is 5.82 Å². The molecule has 0 fully saturated rings. The van der Waals surface area contributed by atoms with Gasteiger partial charge in [0.15, 0.2) is 5.82 Å². The first-order valence-corrected chi connectivity index (χ1v) is 8.02. The second-order valence-electron chi connectivity index (χ2n) is 5.91. The number of nitrogens with zero attached hydrogens (tertiary/aromatic N) is 6. The monoisotopic (exact) mass is 322 g/mol. The van der Waals surface area contributed by atoms with E-state index in [9.17, 15) is 4.79 Å².